The minimum atomic E-state index is -5.14. The molecule has 0 aromatic rings. The minimum Gasteiger partial charge on any atom is -0.394 e. The second kappa shape index (κ2) is 4.77. The monoisotopic (exact) mass is 216 g/mol. The molecule has 0 aromatic heterocycles. The number of amides is 1. The van der Waals surface area contributed by atoms with Gasteiger partial charge >= 0.3 is 18.1 Å². The Hall–Kier alpha value is -1.35. The van der Waals surface area contributed by atoms with E-state index in [0.29, 0.717) is 0 Å². The van der Waals surface area contributed by atoms with E-state index >= 15 is 0 Å². The molecule has 0 rings (SSSR count). The summed E-state index contributed by atoms with van der Waals surface area (Å²) >= 11 is 0. The molecule has 1 amide bonds. The summed E-state index contributed by atoms with van der Waals surface area (Å²) in [6.07, 6.45) is -5.14. The summed E-state index contributed by atoms with van der Waals surface area (Å²) in [5.74, 6) is 0.610. The Labute approximate surface area is 75.8 Å². The third-order valence-corrected chi connectivity index (χ3v) is 1.15. The van der Waals surface area contributed by atoms with Crippen LogP contribution in [-0.4, -0.2) is 35.8 Å². The van der Waals surface area contributed by atoms with Gasteiger partial charge < -0.3 is 15.3 Å². The van der Waals surface area contributed by atoms with Crippen LogP contribution in [0.1, 0.15) is 0 Å². The third-order valence-electron chi connectivity index (χ3n) is 1.15. The van der Waals surface area contributed by atoms with E-state index < -0.39 is 30.7 Å². The van der Waals surface area contributed by atoms with Crippen LogP contribution in [-0.2, 0) is 14.4 Å². The third kappa shape index (κ3) is 3.58. The predicted molar refractivity (Wildman–Crippen MR) is 35.4 cm³/mol. The fourth-order valence-corrected chi connectivity index (χ4v) is 0.501. The van der Waals surface area contributed by atoms with Crippen molar-refractivity contribution in [3.8, 4) is 0 Å². The molecule has 9 heteroatoms. The summed E-state index contributed by atoms with van der Waals surface area (Å²) in [6, 6.07) is -1.82. The Morgan fingerprint density at radius 3 is 2.29 bits per heavy atom. The number of hydrogen-bond acceptors (Lipinski definition) is 5. The molecule has 0 aliphatic heterocycles. The number of carbonyl (C=O) groups excluding carboxylic acids is 2. The fraction of sp³-hybridized carbons (Fsp3) is 0.600. The van der Waals surface area contributed by atoms with Crippen molar-refractivity contribution in [2.45, 2.75) is 12.2 Å². The highest BCUT2D eigenvalue weighted by atomic mass is 19.4. The van der Waals surface area contributed by atoms with Gasteiger partial charge in [0.1, 0.15) is 0 Å². The topological polar surface area (TPSA) is 102 Å². The summed E-state index contributed by atoms with van der Waals surface area (Å²) in [5.41, 5.74) is 0. The normalized spacial score (nSPS) is 13.2. The smallest absolute Gasteiger partial charge is 0.394 e. The van der Waals surface area contributed by atoms with Gasteiger partial charge in [0.05, 0.1) is 6.61 Å². The lowest BCUT2D eigenvalue weighted by molar-refractivity contribution is -0.176. The van der Waals surface area contributed by atoms with Gasteiger partial charge in [-0.1, -0.05) is 0 Å². The van der Waals surface area contributed by atoms with E-state index in [2.05, 4.69) is 10.7 Å². The Bertz CT molecular complexity index is 230. The maximum absolute atomic E-state index is 11.6. The molecule has 0 aliphatic rings. The highest BCUT2D eigenvalue weighted by Crippen LogP contribution is 2.14. The molecule has 0 aliphatic carbocycles. The van der Waals surface area contributed by atoms with E-state index in [-0.39, 0.29) is 0 Å². The number of hydrogen-bond donors (Lipinski definition) is 3. The lowest BCUT2D eigenvalue weighted by atomic mass is 10.3. The number of nitrogens with one attached hydrogen (secondary N) is 1. The van der Waals surface area contributed by atoms with Crippen LogP contribution in [0, 0.1) is 0 Å². The summed E-state index contributed by atoms with van der Waals surface area (Å²) in [6.45, 7) is -1.04. The number of halogens is 3. The molecule has 82 valence electrons. The zero-order valence-electron chi connectivity index (χ0n) is 6.67. The Balaban J connectivity index is 4.34. The molecular weight excluding hydrogens is 209 g/mol. The van der Waals surface area contributed by atoms with Crippen molar-refractivity contribution >= 4 is 11.9 Å². The van der Waals surface area contributed by atoms with Crippen molar-refractivity contribution < 1.29 is 32.7 Å². The number of alkyl halides is 3. The van der Waals surface area contributed by atoms with Gasteiger partial charge in [-0.15, -0.1) is 0 Å². The fourth-order valence-electron chi connectivity index (χ4n) is 0.501. The lowest BCUT2D eigenvalue weighted by Crippen LogP contribution is -2.49. The second-order valence-electron chi connectivity index (χ2n) is 2.14. The molecule has 1 unspecified atom stereocenters. The first-order valence-corrected chi connectivity index (χ1v) is 3.22. The molecule has 4 N–H and O–H groups in total. The van der Waals surface area contributed by atoms with Crippen molar-refractivity contribution in [2.75, 3.05) is 6.61 Å². The first-order chi connectivity index (χ1) is 6.32. The number of rotatable bonds is 3. The van der Waals surface area contributed by atoms with Crippen LogP contribution in [0.2, 0.25) is 0 Å². The maximum atomic E-state index is 11.6. The summed E-state index contributed by atoms with van der Waals surface area (Å²) < 4.78 is 34.9. The van der Waals surface area contributed by atoms with Gasteiger partial charge in [0, 0.05) is 0 Å². The van der Waals surface area contributed by atoms with Crippen LogP contribution >= 0.6 is 0 Å². The highest BCUT2D eigenvalue weighted by Gasteiger charge is 2.40. The van der Waals surface area contributed by atoms with E-state index in [0.717, 1.165) is 0 Å². The van der Waals surface area contributed by atoms with Crippen LogP contribution in [0.5, 0.6) is 0 Å². The van der Waals surface area contributed by atoms with Gasteiger partial charge in [0.25, 0.3) is 0 Å². The molecule has 14 heavy (non-hydrogen) atoms. The quantitative estimate of drug-likeness (QED) is 0.495. The van der Waals surface area contributed by atoms with E-state index in [1.165, 1.54) is 5.32 Å². The van der Waals surface area contributed by atoms with Crippen molar-refractivity contribution in [3.63, 3.8) is 0 Å². The summed E-state index contributed by atoms with van der Waals surface area (Å²) in [5, 5.41) is 9.59. The van der Waals surface area contributed by atoms with E-state index in [1.54, 1.807) is 0 Å². The number of aliphatic hydroxyl groups is 1. The molecule has 0 bridgehead atoms. The van der Waals surface area contributed by atoms with E-state index in [4.69, 9.17) is 5.11 Å². The first-order valence-electron chi connectivity index (χ1n) is 3.22. The molecule has 0 radical (unpaired) electrons. The van der Waals surface area contributed by atoms with Gasteiger partial charge in [-0.25, -0.2) is 4.79 Å². The van der Waals surface area contributed by atoms with E-state index in [1.807, 2.05) is 0 Å². The molecular formula is C5H7F3N2O4. The van der Waals surface area contributed by atoms with Crippen molar-refractivity contribution in [1.29, 1.82) is 0 Å². The van der Waals surface area contributed by atoms with Gasteiger partial charge in [0.2, 0.25) is 0 Å². The van der Waals surface area contributed by atoms with Crippen molar-refractivity contribution in [2.24, 2.45) is 5.90 Å². The molecule has 0 heterocycles. The molecule has 0 aromatic carbocycles. The standard InChI is InChI=1S/C5H7F3N2O4/c6-5(7,8)4(13)10-2(1-11)3(12)14-9/h2,11H,1,9H2,(H,10,13). The van der Waals surface area contributed by atoms with Crippen LogP contribution < -0.4 is 11.2 Å². The Morgan fingerprint density at radius 2 is 2.00 bits per heavy atom. The van der Waals surface area contributed by atoms with Gasteiger partial charge in [0.15, 0.2) is 6.04 Å². The van der Waals surface area contributed by atoms with Crippen LogP contribution in [0.15, 0.2) is 0 Å². The zero-order chi connectivity index (χ0) is 11.4. The largest absolute Gasteiger partial charge is 0.471 e. The number of nitrogens with two attached hydrogens (primary N) is 1. The average Bonchev–Trinajstić information content (AvgIpc) is 2.10. The number of carbonyl (C=O) groups is 2. The number of aliphatic hydroxyl groups excluding tert-OH is 1. The van der Waals surface area contributed by atoms with Crippen LogP contribution in [0.3, 0.4) is 0 Å². The van der Waals surface area contributed by atoms with Crippen LogP contribution in [0.25, 0.3) is 0 Å². The van der Waals surface area contributed by atoms with Crippen molar-refractivity contribution in [3.05, 3.63) is 0 Å². The maximum Gasteiger partial charge on any atom is 0.471 e. The minimum absolute atomic E-state index is 1.04. The molecule has 0 spiro atoms. The molecule has 0 fully saturated rings. The molecule has 0 saturated carbocycles. The van der Waals surface area contributed by atoms with Gasteiger partial charge in [-0.05, 0) is 0 Å². The SMILES string of the molecule is NOC(=O)C(CO)NC(=O)C(F)(F)F. The van der Waals surface area contributed by atoms with E-state index in [9.17, 15) is 22.8 Å². The van der Waals surface area contributed by atoms with Gasteiger partial charge in [-0.3, -0.25) is 4.79 Å². The van der Waals surface area contributed by atoms with Crippen molar-refractivity contribution in [1.82, 2.24) is 5.32 Å². The summed E-state index contributed by atoms with van der Waals surface area (Å²) in [7, 11) is 0. The van der Waals surface area contributed by atoms with Gasteiger partial charge in [-0.2, -0.15) is 19.1 Å². The second-order valence-corrected chi connectivity index (χ2v) is 2.14. The molecule has 1 atom stereocenters. The van der Waals surface area contributed by atoms with Crippen LogP contribution in [0.4, 0.5) is 13.2 Å². The first kappa shape index (κ1) is 12.7. The summed E-state index contributed by atoms with van der Waals surface area (Å²) in [4.78, 5) is 24.3. The highest BCUT2D eigenvalue weighted by molar-refractivity contribution is 5.87. The Morgan fingerprint density at radius 1 is 1.50 bits per heavy atom. The molecule has 6 nitrogen and oxygen atoms in total. The zero-order valence-corrected chi connectivity index (χ0v) is 6.67. The predicted octanol–water partition coefficient (Wildman–Crippen LogP) is -1.56. The average molecular weight is 216 g/mol. The lowest BCUT2D eigenvalue weighted by Gasteiger charge is -2.14. The Kier molecular flexibility index (Phi) is 4.31. The molecule has 0 saturated heterocycles.